The standard InChI is InChI=1S/C8H9NO.C7H8O3S/c9-8(10)6-7-4-2-1-3-5-7;1-6-2-4-7(5-3-6)11(8,9)10/h1-5H,6H2,(H2,9,10);2-5H,1H3,(H,8,9,10). The summed E-state index contributed by atoms with van der Waals surface area (Å²) in [5.41, 5.74) is 6.91. The van der Waals surface area contributed by atoms with E-state index in [1.165, 1.54) is 12.1 Å². The Kier molecular flexibility index (Phi) is 6.08. The molecule has 2 aromatic carbocycles. The maximum Gasteiger partial charge on any atom is 0.294 e. The zero-order chi connectivity index (χ0) is 15.9. The lowest BCUT2D eigenvalue weighted by molar-refractivity contribution is -0.117. The Morgan fingerprint density at radius 3 is 2.00 bits per heavy atom. The highest BCUT2D eigenvalue weighted by Gasteiger charge is 2.06. The Morgan fingerprint density at radius 2 is 1.57 bits per heavy atom. The number of hydrogen-bond acceptors (Lipinski definition) is 3. The molecule has 0 saturated heterocycles. The van der Waals surface area contributed by atoms with Crippen LogP contribution in [0.3, 0.4) is 0 Å². The minimum absolute atomic E-state index is 0.0666. The van der Waals surface area contributed by atoms with Gasteiger partial charge in [-0.1, -0.05) is 48.0 Å². The van der Waals surface area contributed by atoms with Gasteiger partial charge in [0.15, 0.2) is 0 Å². The molecule has 1 amide bonds. The van der Waals surface area contributed by atoms with Crippen LogP contribution in [-0.2, 0) is 21.3 Å². The summed E-state index contributed by atoms with van der Waals surface area (Å²) in [6.45, 7) is 1.84. The monoisotopic (exact) mass is 307 g/mol. The molecule has 112 valence electrons. The minimum Gasteiger partial charge on any atom is -0.369 e. The van der Waals surface area contributed by atoms with Gasteiger partial charge in [0.05, 0.1) is 11.3 Å². The third-order valence-corrected chi connectivity index (χ3v) is 3.41. The number of carbonyl (C=O) groups excluding carboxylic acids is 1. The van der Waals surface area contributed by atoms with Crippen molar-refractivity contribution in [2.24, 2.45) is 5.73 Å². The first-order chi connectivity index (χ1) is 9.79. The minimum atomic E-state index is -4.02. The molecule has 0 unspecified atom stereocenters. The van der Waals surface area contributed by atoms with Crippen LogP contribution >= 0.6 is 0 Å². The topological polar surface area (TPSA) is 97.5 Å². The molecule has 6 heteroatoms. The molecule has 0 aliphatic rings. The lowest BCUT2D eigenvalue weighted by atomic mass is 10.1. The molecule has 0 radical (unpaired) electrons. The summed E-state index contributed by atoms with van der Waals surface area (Å²) in [5, 5.41) is 0. The van der Waals surface area contributed by atoms with Crippen molar-refractivity contribution in [3.05, 3.63) is 65.7 Å². The lowest BCUT2D eigenvalue weighted by Gasteiger charge is -1.95. The largest absolute Gasteiger partial charge is 0.369 e. The molecular formula is C15H17NO4S. The average molecular weight is 307 g/mol. The van der Waals surface area contributed by atoms with E-state index < -0.39 is 10.1 Å². The molecule has 21 heavy (non-hydrogen) atoms. The fourth-order valence-corrected chi connectivity index (χ4v) is 1.99. The van der Waals surface area contributed by atoms with Crippen molar-refractivity contribution in [2.75, 3.05) is 0 Å². The van der Waals surface area contributed by atoms with Gasteiger partial charge in [0.2, 0.25) is 5.91 Å². The van der Waals surface area contributed by atoms with Crippen molar-refractivity contribution in [1.29, 1.82) is 0 Å². The van der Waals surface area contributed by atoms with E-state index in [1.807, 2.05) is 37.3 Å². The number of rotatable bonds is 3. The normalized spacial score (nSPS) is 10.4. The van der Waals surface area contributed by atoms with Gasteiger partial charge in [-0.2, -0.15) is 8.42 Å². The molecule has 0 aliphatic carbocycles. The van der Waals surface area contributed by atoms with E-state index in [0.29, 0.717) is 6.42 Å². The second-order valence-electron chi connectivity index (χ2n) is 4.42. The number of amides is 1. The van der Waals surface area contributed by atoms with Gasteiger partial charge in [-0.15, -0.1) is 0 Å². The Bertz CT molecular complexity index is 679. The van der Waals surface area contributed by atoms with Gasteiger partial charge in [0.1, 0.15) is 0 Å². The summed E-state index contributed by atoms with van der Waals surface area (Å²) >= 11 is 0. The highest BCUT2D eigenvalue weighted by atomic mass is 32.2. The number of hydrogen-bond donors (Lipinski definition) is 2. The van der Waals surface area contributed by atoms with E-state index in [1.54, 1.807) is 12.1 Å². The molecule has 0 aliphatic heterocycles. The highest BCUT2D eigenvalue weighted by Crippen LogP contribution is 2.08. The predicted octanol–water partition coefficient (Wildman–Crippen LogP) is 1.96. The van der Waals surface area contributed by atoms with Gasteiger partial charge in [0, 0.05) is 0 Å². The van der Waals surface area contributed by atoms with Crippen LogP contribution in [0, 0.1) is 6.92 Å². The SMILES string of the molecule is Cc1ccc(S(=O)(=O)O)cc1.NC(=O)Cc1ccccc1. The van der Waals surface area contributed by atoms with Crippen LogP contribution in [0.5, 0.6) is 0 Å². The fraction of sp³-hybridized carbons (Fsp3) is 0.133. The van der Waals surface area contributed by atoms with Crippen LogP contribution in [0.2, 0.25) is 0 Å². The lowest BCUT2D eigenvalue weighted by Crippen LogP contribution is -2.13. The molecule has 0 aromatic heterocycles. The summed E-state index contributed by atoms with van der Waals surface area (Å²) in [4.78, 5) is 10.3. The van der Waals surface area contributed by atoms with E-state index in [9.17, 15) is 13.2 Å². The number of carbonyl (C=O) groups is 1. The van der Waals surface area contributed by atoms with E-state index in [0.717, 1.165) is 11.1 Å². The van der Waals surface area contributed by atoms with Crippen LogP contribution in [0.25, 0.3) is 0 Å². The van der Waals surface area contributed by atoms with Crippen molar-refractivity contribution in [2.45, 2.75) is 18.2 Å². The molecular weight excluding hydrogens is 290 g/mol. The second-order valence-corrected chi connectivity index (χ2v) is 5.84. The second kappa shape index (κ2) is 7.56. The molecule has 3 N–H and O–H groups in total. The maximum atomic E-state index is 10.5. The molecule has 5 nitrogen and oxygen atoms in total. The van der Waals surface area contributed by atoms with Gasteiger partial charge < -0.3 is 5.73 Å². The summed E-state index contributed by atoms with van der Waals surface area (Å²) in [7, 11) is -4.02. The van der Waals surface area contributed by atoms with Crippen LogP contribution < -0.4 is 5.73 Å². The fourth-order valence-electron chi connectivity index (χ4n) is 1.51. The Morgan fingerprint density at radius 1 is 1.05 bits per heavy atom. The first-order valence-electron chi connectivity index (χ1n) is 6.15. The van der Waals surface area contributed by atoms with Crippen molar-refractivity contribution >= 4 is 16.0 Å². The molecule has 0 atom stereocenters. The molecule has 0 saturated carbocycles. The molecule has 0 heterocycles. The molecule has 2 rings (SSSR count). The summed E-state index contributed by atoms with van der Waals surface area (Å²) in [5.74, 6) is -0.286. The van der Waals surface area contributed by atoms with Gasteiger partial charge >= 0.3 is 0 Å². The van der Waals surface area contributed by atoms with E-state index in [-0.39, 0.29) is 10.8 Å². The van der Waals surface area contributed by atoms with Crippen molar-refractivity contribution in [3.63, 3.8) is 0 Å². The average Bonchev–Trinajstić information content (AvgIpc) is 2.39. The number of benzene rings is 2. The number of aryl methyl sites for hydroxylation is 1. The number of primary amides is 1. The molecule has 0 bridgehead atoms. The smallest absolute Gasteiger partial charge is 0.294 e. The van der Waals surface area contributed by atoms with Crippen LogP contribution in [-0.4, -0.2) is 18.9 Å². The maximum absolute atomic E-state index is 10.5. The van der Waals surface area contributed by atoms with E-state index in [2.05, 4.69) is 0 Å². The van der Waals surface area contributed by atoms with Gasteiger partial charge in [0.25, 0.3) is 10.1 Å². The van der Waals surface area contributed by atoms with Crippen LogP contribution in [0.1, 0.15) is 11.1 Å². The first-order valence-corrected chi connectivity index (χ1v) is 7.59. The zero-order valence-electron chi connectivity index (χ0n) is 11.6. The van der Waals surface area contributed by atoms with Gasteiger partial charge in [-0.05, 0) is 24.6 Å². The molecule has 2 aromatic rings. The van der Waals surface area contributed by atoms with Gasteiger partial charge in [-0.25, -0.2) is 0 Å². The Labute approximate surface area is 124 Å². The zero-order valence-corrected chi connectivity index (χ0v) is 12.4. The highest BCUT2D eigenvalue weighted by molar-refractivity contribution is 7.85. The van der Waals surface area contributed by atoms with Crippen molar-refractivity contribution in [3.8, 4) is 0 Å². The van der Waals surface area contributed by atoms with Gasteiger partial charge in [-0.3, -0.25) is 9.35 Å². The summed E-state index contributed by atoms with van der Waals surface area (Å²) < 4.78 is 29.6. The number of nitrogens with two attached hydrogens (primary N) is 1. The van der Waals surface area contributed by atoms with Crippen LogP contribution in [0.15, 0.2) is 59.5 Å². The van der Waals surface area contributed by atoms with E-state index >= 15 is 0 Å². The van der Waals surface area contributed by atoms with E-state index in [4.69, 9.17) is 10.3 Å². The summed E-state index contributed by atoms with van der Waals surface area (Å²) in [6.07, 6.45) is 0.334. The molecule has 0 fully saturated rings. The third kappa shape index (κ3) is 6.69. The predicted molar refractivity (Wildman–Crippen MR) is 80.3 cm³/mol. The Balaban J connectivity index is 0.000000211. The van der Waals surface area contributed by atoms with Crippen molar-refractivity contribution < 1.29 is 17.8 Å². The third-order valence-electron chi connectivity index (χ3n) is 2.54. The quantitative estimate of drug-likeness (QED) is 0.847. The summed E-state index contributed by atoms with van der Waals surface area (Å²) in [6, 6.07) is 15.4. The molecule has 0 spiro atoms. The van der Waals surface area contributed by atoms with Crippen molar-refractivity contribution in [1.82, 2.24) is 0 Å². The first kappa shape index (κ1) is 16.9. The Hall–Kier alpha value is -2.18. The van der Waals surface area contributed by atoms with Crippen LogP contribution in [0.4, 0.5) is 0 Å².